The molecule has 2 aliphatic carbocycles. The van der Waals surface area contributed by atoms with Gasteiger partial charge in [-0.05, 0) is 38.0 Å². The van der Waals surface area contributed by atoms with E-state index in [0.29, 0.717) is 25.7 Å². The van der Waals surface area contributed by atoms with Crippen LogP contribution in [-0.4, -0.2) is 40.3 Å². The van der Waals surface area contributed by atoms with Gasteiger partial charge < -0.3 is 14.9 Å². The highest BCUT2D eigenvalue weighted by molar-refractivity contribution is 5.86. The van der Waals surface area contributed by atoms with Gasteiger partial charge in [0.2, 0.25) is 0 Å². The molecule has 1 unspecified atom stereocenters. The Morgan fingerprint density at radius 1 is 1.41 bits per heavy atom. The standard InChI is InChI=1S/C17H28O5/c1-10(9-22-11(2)18)12-5-7-16(3)13(19)6-8-17(4,21)15(16)14(12)20/h10,12,14-15,20-21H,5-9H2,1-4H3/t10-,12+,14+,15?,16+,17-/m1/s1. The number of rotatable bonds is 3. The molecule has 2 aliphatic rings. The number of carbonyl (C=O) groups is 2. The van der Waals surface area contributed by atoms with Crippen LogP contribution in [-0.2, 0) is 14.3 Å². The minimum Gasteiger partial charge on any atom is -0.466 e. The summed E-state index contributed by atoms with van der Waals surface area (Å²) in [5.41, 5.74) is -1.69. The summed E-state index contributed by atoms with van der Waals surface area (Å²) in [5.74, 6) is -0.721. The van der Waals surface area contributed by atoms with Crippen molar-refractivity contribution in [2.45, 2.75) is 65.1 Å². The molecular weight excluding hydrogens is 284 g/mol. The Bertz CT molecular complexity index is 458. The minimum absolute atomic E-state index is 0.00345. The van der Waals surface area contributed by atoms with Gasteiger partial charge in [-0.15, -0.1) is 0 Å². The number of carbonyl (C=O) groups excluding carboxylic acids is 2. The molecule has 2 fully saturated rings. The van der Waals surface area contributed by atoms with Crippen LogP contribution in [0.4, 0.5) is 0 Å². The van der Waals surface area contributed by atoms with Crippen LogP contribution >= 0.6 is 0 Å². The maximum Gasteiger partial charge on any atom is 0.302 e. The average Bonchev–Trinajstić information content (AvgIpc) is 2.40. The fraction of sp³-hybridized carbons (Fsp3) is 0.882. The summed E-state index contributed by atoms with van der Waals surface area (Å²) >= 11 is 0. The number of ether oxygens (including phenoxy) is 1. The maximum absolute atomic E-state index is 12.4. The zero-order valence-electron chi connectivity index (χ0n) is 14.0. The van der Waals surface area contributed by atoms with Gasteiger partial charge in [0.25, 0.3) is 0 Å². The summed E-state index contributed by atoms with van der Waals surface area (Å²) in [6, 6.07) is 0. The molecule has 126 valence electrons. The number of hydrogen-bond acceptors (Lipinski definition) is 5. The Labute approximate surface area is 132 Å². The molecule has 5 heteroatoms. The molecule has 2 rings (SSSR count). The third-order valence-corrected chi connectivity index (χ3v) is 5.91. The van der Waals surface area contributed by atoms with Crippen molar-refractivity contribution in [1.82, 2.24) is 0 Å². The second-order valence-electron chi connectivity index (χ2n) is 7.65. The normalized spacial score (nSPS) is 43.4. The summed E-state index contributed by atoms with van der Waals surface area (Å²) in [5, 5.41) is 21.6. The van der Waals surface area contributed by atoms with E-state index in [1.165, 1.54) is 6.92 Å². The monoisotopic (exact) mass is 312 g/mol. The molecule has 0 aliphatic heterocycles. The highest BCUT2D eigenvalue weighted by Gasteiger charge is 2.59. The Morgan fingerprint density at radius 3 is 2.64 bits per heavy atom. The van der Waals surface area contributed by atoms with Gasteiger partial charge in [0.05, 0.1) is 18.3 Å². The van der Waals surface area contributed by atoms with Crippen molar-refractivity contribution >= 4 is 11.8 Å². The second kappa shape index (κ2) is 5.93. The Hall–Kier alpha value is -0.940. The molecule has 0 aromatic heterocycles. The summed E-state index contributed by atoms with van der Waals surface area (Å²) in [6.45, 7) is 7.18. The third kappa shape index (κ3) is 2.93. The van der Waals surface area contributed by atoms with E-state index in [-0.39, 0.29) is 30.2 Å². The van der Waals surface area contributed by atoms with Crippen LogP contribution in [0.2, 0.25) is 0 Å². The Balaban J connectivity index is 2.20. The molecule has 0 saturated heterocycles. The van der Waals surface area contributed by atoms with Gasteiger partial charge in [-0.1, -0.05) is 13.8 Å². The van der Waals surface area contributed by atoms with Gasteiger partial charge in [0, 0.05) is 24.7 Å². The molecule has 2 N–H and O–H groups in total. The van der Waals surface area contributed by atoms with Crippen molar-refractivity contribution in [1.29, 1.82) is 0 Å². The first kappa shape index (κ1) is 17.4. The fourth-order valence-corrected chi connectivity index (χ4v) is 4.59. The molecule has 22 heavy (non-hydrogen) atoms. The van der Waals surface area contributed by atoms with E-state index in [0.717, 1.165) is 0 Å². The number of ketones is 1. The topological polar surface area (TPSA) is 83.8 Å². The molecule has 0 heterocycles. The van der Waals surface area contributed by atoms with Gasteiger partial charge in [0.1, 0.15) is 5.78 Å². The lowest BCUT2D eigenvalue weighted by Crippen LogP contribution is -2.62. The Kier molecular flexibility index (Phi) is 4.69. The van der Waals surface area contributed by atoms with Crippen LogP contribution in [0, 0.1) is 23.2 Å². The summed E-state index contributed by atoms with van der Waals surface area (Å²) in [7, 11) is 0. The molecule has 0 aromatic rings. The zero-order valence-corrected chi connectivity index (χ0v) is 14.0. The molecule has 0 aromatic carbocycles. The second-order valence-corrected chi connectivity index (χ2v) is 7.65. The van der Waals surface area contributed by atoms with Gasteiger partial charge in [-0.3, -0.25) is 9.59 Å². The van der Waals surface area contributed by atoms with E-state index < -0.39 is 23.0 Å². The lowest BCUT2D eigenvalue weighted by atomic mass is 9.51. The van der Waals surface area contributed by atoms with Gasteiger partial charge >= 0.3 is 5.97 Å². The van der Waals surface area contributed by atoms with Crippen LogP contribution in [0.25, 0.3) is 0 Å². The largest absolute Gasteiger partial charge is 0.466 e. The SMILES string of the molecule is CC(=O)OC[C@@H](C)[C@@H]1CC[C@@]2(C)C(=O)CC[C@@](C)(O)C2[C@H]1O. The van der Waals surface area contributed by atoms with Crippen LogP contribution in [0.5, 0.6) is 0 Å². The van der Waals surface area contributed by atoms with Crippen LogP contribution in [0.15, 0.2) is 0 Å². The molecule has 2 saturated carbocycles. The first-order chi connectivity index (χ1) is 10.1. The van der Waals surface area contributed by atoms with Crippen molar-refractivity contribution in [3.05, 3.63) is 0 Å². The van der Waals surface area contributed by atoms with Crippen molar-refractivity contribution in [2.75, 3.05) is 6.61 Å². The summed E-state index contributed by atoms with van der Waals surface area (Å²) in [6.07, 6.45) is 1.38. The van der Waals surface area contributed by atoms with Crippen molar-refractivity contribution in [2.24, 2.45) is 23.2 Å². The Morgan fingerprint density at radius 2 is 2.05 bits per heavy atom. The number of esters is 1. The zero-order chi connectivity index (χ0) is 16.7. The van der Waals surface area contributed by atoms with Crippen molar-refractivity contribution < 1.29 is 24.5 Å². The molecular formula is C17H28O5. The first-order valence-electron chi connectivity index (χ1n) is 8.16. The van der Waals surface area contributed by atoms with Crippen LogP contribution in [0.3, 0.4) is 0 Å². The fourth-order valence-electron chi connectivity index (χ4n) is 4.59. The van der Waals surface area contributed by atoms with E-state index in [9.17, 15) is 19.8 Å². The predicted octanol–water partition coefficient (Wildman–Crippen LogP) is 1.69. The number of Topliss-reactive ketones (excluding diaryl/α,β-unsaturated/α-hetero) is 1. The van der Waals surface area contributed by atoms with Gasteiger partial charge in [-0.25, -0.2) is 0 Å². The molecule has 0 spiro atoms. The molecule has 5 nitrogen and oxygen atoms in total. The van der Waals surface area contributed by atoms with Gasteiger partial charge in [0.15, 0.2) is 0 Å². The molecule has 6 atom stereocenters. The summed E-state index contributed by atoms with van der Waals surface area (Å²) < 4.78 is 5.06. The van der Waals surface area contributed by atoms with Crippen molar-refractivity contribution in [3.63, 3.8) is 0 Å². The minimum atomic E-state index is -1.04. The van der Waals surface area contributed by atoms with Crippen molar-refractivity contribution in [3.8, 4) is 0 Å². The quantitative estimate of drug-likeness (QED) is 0.775. The number of aliphatic hydroxyl groups is 2. The lowest BCUT2D eigenvalue weighted by molar-refractivity contribution is -0.192. The van der Waals surface area contributed by atoms with E-state index in [2.05, 4.69) is 0 Å². The third-order valence-electron chi connectivity index (χ3n) is 5.91. The average molecular weight is 312 g/mol. The van der Waals surface area contributed by atoms with E-state index >= 15 is 0 Å². The highest BCUT2D eigenvalue weighted by Crippen LogP contribution is 2.54. The van der Waals surface area contributed by atoms with E-state index in [1.807, 2.05) is 13.8 Å². The molecule has 0 amide bonds. The van der Waals surface area contributed by atoms with Crippen LogP contribution < -0.4 is 0 Å². The van der Waals surface area contributed by atoms with Gasteiger partial charge in [-0.2, -0.15) is 0 Å². The highest BCUT2D eigenvalue weighted by atomic mass is 16.5. The van der Waals surface area contributed by atoms with E-state index in [1.54, 1.807) is 6.92 Å². The lowest BCUT2D eigenvalue weighted by Gasteiger charge is -2.56. The molecule has 0 radical (unpaired) electrons. The molecule has 0 bridgehead atoms. The first-order valence-corrected chi connectivity index (χ1v) is 8.16. The van der Waals surface area contributed by atoms with E-state index in [4.69, 9.17) is 4.74 Å². The predicted molar refractivity (Wildman–Crippen MR) is 81.0 cm³/mol. The number of aliphatic hydroxyl groups excluding tert-OH is 1. The maximum atomic E-state index is 12.4. The number of hydrogen-bond donors (Lipinski definition) is 2. The number of fused-ring (bicyclic) bond motifs is 1. The summed E-state index contributed by atoms with van der Waals surface area (Å²) in [4.78, 5) is 23.4. The van der Waals surface area contributed by atoms with Crippen LogP contribution in [0.1, 0.15) is 53.4 Å². The smallest absolute Gasteiger partial charge is 0.302 e.